The summed E-state index contributed by atoms with van der Waals surface area (Å²) in [4.78, 5) is 0. The Kier molecular flexibility index (Phi) is 12.9. The maximum atomic E-state index is 9.75. The fourth-order valence-corrected chi connectivity index (χ4v) is 4.78. The highest BCUT2D eigenvalue weighted by molar-refractivity contribution is 6.50. The first-order chi connectivity index (χ1) is 12.2. The lowest BCUT2D eigenvalue weighted by atomic mass is 9.82. The molecule has 0 saturated carbocycles. The average molecular weight is 383 g/mol. The molecule has 1 heterocycles. The normalized spacial score (nSPS) is 18.5. The molecule has 26 heavy (non-hydrogen) atoms. The summed E-state index contributed by atoms with van der Waals surface area (Å²) in [7, 11) is -6.00. The van der Waals surface area contributed by atoms with Crippen LogP contribution >= 0.6 is 0 Å². The van der Waals surface area contributed by atoms with Gasteiger partial charge >= 0.3 is 7.25 Å². The first-order valence-corrected chi connectivity index (χ1v) is 10.9. The summed E-state index contributed by atoms with van der Waals surface area (Å²) in [5.74, 6) is 0. The Morgan fingerprint density at radius 2 is 1.12 bits per heavy atom. The van der Waals surface area contributed by atoms with Gasteiger partial charge in [0, 0.05) is 25.7 Å². The quantitative estimate of drug-likeness (QED) is 0.185. The molecule has 6 heteroatoms. The SMILES string of the molecule is CCCCC1(CCCC)CCC[N+]1(CCCC)CCCC.F[B-](F)(F)F. The zero-order chi connectivity index (χ0) is 20.1. The minimum atomic E-state index is -6.00. The van der Waals surface area contributed by atoms with Crippen LogP contribution in [-0.2, 0) is 0 Å². The highest BCUT2D eigenvalue weighted by atomic mass is 19.5. The van der Waals surface area contributed by atoms with E-state index in [-0.39, 0.29) is 0 Å². The van der Waals surface area contributed by atoms with E-state index in [4.69, 9.17) is 0 Å². The number of rotatable bonds is 12. The standard InChI is InChI=1S/C20H42N.BF4/c1-5-9-14-20(15-10-6-2)16-13-19-21(20,17-11-7-3)18-12-8-4;2-1(3,4)5/h5-19H2,1-4H3;/q+1;-1. The van der Waals surface area contributed by atoms with E-state index in [1.807, 2.05) is 0 Å². The van der Waals surface area contributed by atoms with Gasteiger partial charge in [-0.25, -0.2) is 0 Å². The van der Waals surface area contributed by atoms with Crippen molar-refractivity contribution in [3.8, 4) is 0 Å². The number of quaternary nitrogens is 1. The van der Waals surface area contributed by atoms with Crippen molar-refractivity contribution in [2.75, 3.05) is 19.6 Å². The monoisotopic (exact) mass is 383 g/mol. The van der Waals surface area contributed by atoms with Crippen molar-refractivity contribution in [3.63, 3.8) is 0 Å². The molecule has 0 aromatic carbocycles. The van der Waals surface area contributed by atoms with Crippen molar-refractivity contribution in [2.24, 2.45) is 0 Å². The molecule has 0 spiro atoms. The molecule has 0 aliphatic carbocycles. The zero-order valence-electron chi connectivity index (χ0n) is 17.6. The largest absolute Gasteiger partial charge is 0.673 e. The van der Waals surface area contributed by atoms with E-state index >= 15 is 0 Å². The summed E-state index contributed by atoms with van der Waals surface area (Å²) >= 11 is 0. The second-order valence-corrected chi connectivity index (χ2v) is 8.05. The Hall–Kier alpha value is -0.255. The van der Waals surface area contributed by atoms with Crippen LogP contribution in [0.2, 0.25) is 0 Å². The molecule has 0 amide bonds. The Morgan fingerprint density at radius 1 is 0.731 bits per heavy atom. The lowest BCUT2D eigenvalue weighted by molar-refractivity contribution is -0.965. The molecule has 1 rings (SSSR count). The highest BCUT2D eigenvalue weighted by Crippen LogP contribution is 2.45. The third kappa shape index (κ3) is 9.10. The van der Waals surface area contributed by atoms with Gasteiger partial charge in [-0.1, -0.05) is 53.4 Å². The summed E-state index contributed by atoms with van der Waals surface area (Å²) < 4.78 is 40.5. The molecule has 1 aliphatic heterocycles. The van der Waals surface area contributed by atoms with Crippen molar-refractivity contribution < 1.29 is 21.7 Å². The van der Waals surface area contributed by atoms with E-state index < -0.39 is 7.25 Å². The molecule has 0 radical (unpaired) electrons. The van der Waals surface area contributed by atoms with Crippen molar-refractivity contribution in [1.82, 2.24) is 0 Å². The van der Waals surface area contributed by atoms with Gasteiger partial charge in [-0.2, -0.15) is 0 Å². The fourth-order valence-electron chi connectivity index (χ4n) is 4.78. The zero-order valence-corrected chi connectivity index (χ0v) is 17.6. The third-order valence-corrected chi connectivity index (χ3v) is 6.11. The molecule has 0 bridgehead atoms. The molecular weight excluding hydrogens is 341 g/mol. The molecule has 0 aromatic rings. The molecule has 158 valence electrons. The van der Waals surface area contributed by atoms with E-state index in [2.05, 4.69) is 27.7 Å². The number of unbranched alkanes of at least 4 members (excludes halogenated alkanes) is 4. The van der Waals surface area contributed by atoms with Crippen LogP contribution < -0.4 is 0 Å². The number of hydrogen-bond acceptors (Lipinski definition) is 0. The van der Waals surface area contributed by atoms with Crippen LogP contribution in [0, 0.1) is 0 Å². The Balaban J connectivity index is 0.00000110. The van der Waals surface area contributed by atoms with Crippen LogP contribution in [0.15, 0.2) is 0 Å². The van der Waals surface area contributed by atoms with Gasteiger partial charge in [0.25, 0.3) is 0 Å². The van der Waals surface area contributed by atoms with Crippen molar-refractivity contribution >= 4 is 7.25 Å². The fraction of sp³-hybridized carbons (Fsp3) is 1.00. The first kappa shape index (κ1) is 25.7. The molecule has 1 fully saturated rings. The van der Waals surface area contributed by atoms with Gasteiger partial charge in [0.05, 0.1) is 25.2 Å². The number of likely N-dealkylation sites (tertiary alicyclic amines) is 1. The van der Waals surface area contributed by atoms with Crippen LogP contribution in [0.4, 0.5) is 17.3 Å². The van der Waals surface area contributed by atoms with Gasteiger partial charge in [-0.3, -0.25) is 0 Å². The van der Waals surface area contributed by atoms with Gasteiger partial charge in [0.1, 0.15) is 0 Å². The van der Waals surface area contributed by atoms with Crippen LogP contribution in [0.5, 0.6) is 0 Å². The Bertz CT molecular complexity index is 299. The average Bonchev–Trinajstić information content (AvgIpc) is 2.92. The van der Waals surface area contributed by atoms with Gasteiger partial charge in [-0.15, -0.1) is 0 Å². The summed E-state index contributed by atoms with van der Waals surface area (Å²) in [6, 6.07) is 0. The smallest absolute Gasteiger partial charge is 0.418 e. The summed E-state index contributed by atoms with van der Waals surface area (Å²) in [6.45, 7) is 13.9. The maximum Gasteiger partial charge on any atom is 0.673 e. The van der Waals surface area contributed by atoms with E-state index in [0.29, 0.717) is 5.54 Å². The van der Waals surface area contributed by atoms with E-state index in [1.165, 1.54) is 101 Å². The number of halogens is 4. The second-order valence-electron chi connectivity index (χ2n) is 8.05. The molecule has 0 unspecified atom stereocenters. The molecule has 0 atom stereocenters. The highest BCUT2D eigenvalue weighted by Gasteiger charge is 2.52. The Morgan fingerprint density at radius 3 is 1.46 bits per heavy atom. The van der Waals surface area contributed by atoms with Gasteiger partial charge in [0.2, 0.25) is 0 Å². The molecule has 1 nitrogen and oxygen atoms in total. The van der Waals surface area contributed by atoms with Crippen molar-refractivity contribution in [2.45, 2.75) is 110 Å². The minimum absolute atomic E-state index is 0.649. The van der Waals surface area contributed by atoms with Gasteiger partial charge < -0.3 is 21.7 Å². The minimum Gasteiger partial charge on any atom is -0.418 e. The van der Waals surface area contributed by atoms with Crippen molar-refractivity contribution in [1.29, 1.82) is 0 Å². The molecule has 0 N–H and O–H groups in total. The van der Waals surface area contributed by atoms with Gasteiger partial charge in [0.15, 0.2) is 0 Å². The lowest BCUT2D eigenvalue weighted by Gasteiger charge is -2.50. The summed E-state index contributed by atoms with van der Waals surface area (Å²) in [5.41, 5.74) is 0.649. The maximum absolute atomic E-state index is 9.75. The van der Waals surface area contributed by atoms with Crippen molar-refractivity contribution in [3.05, 3.63) is 0 Å². The molecule has 0 aromatic heterocycles. The van der Waals surface area contributed by atoms with E-state index in [9.17, 15) is 17.3 Å². The predicted molar refractivity (Wildman–Crippen MR) is 106 cm³/mol. The Labute approximate surface area is 159 Å². The van der Waals surface area contributed by atoms with Crippen LogP contribution in [-0.4, -0.2) is 36.9 Å². The van der Waals surface area contributed by atoms with E-state index in [1.54, 1.807) is 0 Å². The topological polar surface area (TPSA) is 0 Å². The van der Waals surface area contributed by atoms with E-state index in [0.717, 1.165) is 0 Å². The predicted octanol–water partition coefficient (Wildman–Crippen LogP) is 7.62. The van der Waals surface area contributed by atoms with Crippen LogP contribution in [0.25, 0.3) is 0 Å². The van der Waals surface area contributed by atoms with Crippen LogP contribution in [0.3, 0.4) is 0 Å². The third-order valence-electron chi connectivity index (χ3n) is 6.11. The molecule has 1 aliphatic rings. The van der Waals surface area contributed by atoms with Gasteiger partial charge in [-0.05, 0) is 25.7 Å². The second kappa shape index (κ2) is 13.0. The molecule has 1 saturated heterocycles. The first-order valence-electron chi connectivity index (χ1n) is 10.9. The summed E-state index contributed by atoms with van der Waals surface area (Å²) in [6.07, 6.45) is 17.2. The number of hydrogen-bond donors (Lipinski definition) is 0. The number of nitrogens with zero attached hydrogens (tertiary/aromatic N) is 1. The lowest BCUT2D eigenvalue weighted by Crippen LogP contribution is -2.61. The molecular formula is C20H42BF4N. The summed E-state index contributed by atoms with van der Waals surface area (Å²) in [5, 5.41) is 0. The van der Waals surface area contributed by atoms with Crippen LogP contribution in [0.1, 0.15) is 105 Å².